The van der Waals surface area contributed by atoms with Crippen LogP contribution in [0.15, 0.2) is 47.5 Å². The molecule has 0 aliphatic heterocycles. The lowest BCUT2D eigenvalue weighted by atomic mass is 9.84. The predicted octanol–water partition coefficient (Wildman–Crippen LogP) is 4.81. The minimum Gasteiger partial charge on any atom is -0.493 e. The van der Waals surface area contributed by atoms with Gasteiger partial charge in [0.15, 0.2) is 17.5 Å². The summed E-state index contributed by atoms with van der Waals surface area (Å²) in [6, 6.07) is 13.5. The Bertz CT molecular complexity index is 805. The smallest absolute Gasteiger partial charge is 0.193 e. The molecule has 0 aromatic heterocycles. The third-order valence-electron chi connectivity index (χ3n) is 4.31. The van der Waals surface area contributed by atoms with Crippen molar-refractivity contribution in [3.8, 4) is 17.2 Å². The van der Waals surface area contributed by atoms with Crippen LogP contribution in [0.25, 0.3) is 0 Å². The number of aliphatic imine (C=N–C) groups is 1. The molecule has 0 radical (unpaired) electrons. The zero-order chi connectivity index (χ0) is 20.7. The fourth-order valence-corrected chi connectivity index (χ4v) is 2.71. The van der Waals surface area contributed by atoms with Gasteiger partial charge in [0, 0.05) is 11.1 Å². The fourth-order valence-electron chi connectivity index (χ4n) is 2.71. The highest BCUT2D eigenvalue weighted by molar-refractivity contribution is 14.0. The Hall–Kier alpha value is -2.16. The first-order chi connectivity index (χ1) is 13.2. The van der Waals surface area contributed by atoms with Crippen molar-refractivity contribution in [1.82, 2.24) is 0 Å². The number of guanidine groups is 1. The zero-order valence-electron chi connectivity index (χ0n) is 18.0. The molecule has 2 aromatic rings. The van der Waals surface area contributed by atoms with Crippen LogP contribution in [0.3, 0.4) is 0 Å². The van der Waals surface area contributed by atoms with E-state index in [0.29, 0.717) is 24.0 Å². The van der Waals surface area contributed by atoms with Crippen molar-refractivity contribution in [3.63, 3.8) is 0 Å². The maximum atomic E-state index is 6.07. The third-order valence-corrected chi connectivity index (χ3v) is 4.31. The van der Waals surface area contributed by atoms with Gasteiger partial charge in [-0.1, -0.05) is 19.9 Å². The van der Waals surface area contributed by atoms with Crippen molar-refractivity contribution in [1.29, 1.82) is 0 Å². The molecule has 3 N–H and O–H groups in total. The van der Waals surface area contributed by atoms with Gasteiger partial charge in [-0.25, -0.2) is 0 Å². The van der Waals surface area contributed by atoms with E-state index in [1.165, 1.54) is 0 Å². The molecule has 0 aliphatic rings. The Kier molecular flexibility index (Phi) is 9.55. The topological polar surface area (TPSA) is 78.1 Å². The Morgan fingerprint density at radius 3 is 2.21 bits per heavy atom. The summed E-state index contributed by atoms with van der Waals surface area (Å²) in [5.41, 5.74) is 7.81. The maximum Gasteiger partial charge on any atom is 0.193 e. The second-order valence-corrected chi connectivity index (χ2v) is 7.47. The van der Waals surface area contributed by atoms with Gasteiger partial charge in [0.05, 0.1) is 26.9 Å². The standard InChI is InChI=1S/C22H31N3O3.HI/c1-15(2)28-18-10-8-17(9-11-18)25-21(23)24-14-22(3,4)16-7-12-19(26-5)20(13-16)27-6;/h7-13,15H,14H2,1-6H3,(H3,23,24,25);1H. The molecular weight excluding hydrogens is 481 g/mol. The van der Waals surface area contributed by atoms with E-state index < -0.39 is 0 Å². The molecule has 160 valence electrons. The van der Waals surface area contributed by atoms with Gasteiger partial charge in [0.25, 0.3) is 0 Å². The van der Waals surface area contributed by atoms with Crippen molar-refractivity contribution in [2.24, 2.45) is 10.7 Å². The molecule has 2 rings (SSSR count). The van der Waals surface area contributed by atoms with E-state index in [0.717, 1.165) is 17.0 Å². The van der Waals surface area contributed by atoms with E-state index in [1.807, 2.05) is 56.3 Å². The Labute approximate surface area is 190 Å². The van der Waals surface area contributed by atoms with E-state index in [4.69, 9.17) is 19.9 Å². The van der Waals surface area contributed by atoms with E-state index in [2.05, 4.69) is 24.2 Å². The van der Waals surface area contributed by atoms with Gasteiger partial charge in [-0.3, -0.25) is 4.99 Å². The van der Waals surface area contributed by atoms with Crippen LogP contribution in [0, 0.1) is 0 Å². The molecule has 29 heavy (non-hydrogen) atoms. The normalized spacial score (nSPS) is 11.6. The third kappa shape index (κ3) is 7.30. The number of benzene rings is 2. The number of hydrogen-bond donors (Lipinski definition) is 2. The van der Waals surface area contributed by atoms with Crippen LogP contribution in [0.2, 0.25) is 0 Å². The number of hydrogen-bond acceptors (Lipinski definition) is 4. The molecule has 0 saturated carbocycles. The van der Waals surface area contributed by atoms with Crippen molar-refractivity contribution in [3.05, 3.63) is 48.0 Å². The van der Waals surface area contributed by atoms with Crippen molar-refractivity contribution >= 4 is 35.6 Å². The van der Waals surface area contributed by atoms with Gasteiger partial charge in [0.2, 0.25) is 0 Å². The summed E-state index contributed by atoms with van der Waals surface area (Å²) >= 11 is 0. The summed E-state index contributed by atoms with van der Waals surface area (Å²) in [6.07, 6.45) is 0.143. The average Bonchev–Trinajstić information content (AvgIpc) is 2.67. The molecule has 2 aromatic carbocycles. The number of methoxy groups -OCH3 is 2. The molecule has 0 saturated heterocycles. The van der Waals surface area contributed by atoms with E-state index in [1.54, 1.807) is 14.2 Å². The monoisotopic (exact) mass is 513 g/mol. The highest BCUT2D eigenvalue weighted by Gasteiger charge is 2.22. The van der Waals surface area contributed by atoms with Gasteiger partial charge in [-0.05, 0) is 55.8 Å². The first-order valence-corrected chi connectivity index (χ1v) is 9.31. The molecule has 0 fully saturated rings. The molecule has 0 amide bonds. The maximum absolute atomic E-state index is 6.07. The highest BCUT2D eigenvalue weighted by atomic mass is 127. The fraction of sp³-hybridized carbons (Fsp3) is 0.409. The molecule has 0 atom stereocenters. The van der Waals surface area contributed by atoms with E-state index in [9.17, 15) is 0 Å². The summed E-state index contributed by atoms with van der Waals surface area (Å²) in [4.78, 5) is 4.52. The zero-order valence-corrected chi connectivity index (χ0v) is 20.3. The summed E-state index contributed by atoms with van der Waals surface area (Å²) in [7, 11) is 3.26. The van der Waals surface area contributed by atoms with Crippen LogP contribution in [0.5, 0.6) is 17.2 Å². The summed E-state index contributed by atoms with van der Waals surface area (Å²) in [5.74, 6) is 2.60. The Balaban J connectivity index is 0.00000420. The van der Waals surface area contributed by atoms with Crippen LogP contribution < -0.4 is 25.3 Å². The first kappa shape index (κ1) is 24.9. The minimum atomic E-state index is -0.221. The van der Waals surface area contributed by atoms with E-state index in [-0.39, 0.29) is 35.5 Å². The molecule has 0 aliphatic carbocycles. The molecule has 0 bridgehead atoms. The predicted molar refractivity (Wildman–Crippen MR) is 130 cm³/mol. The lowest BCUT2D eigenvalue weighted by molar-refractivity contribution is 0.242. The van der Waals surface area contributed by atoms with E-state index >= 15 is 0 Å². The van der Waals surface area contributed by atoms with Crippen LogP contribution in [-0.4, -0.2) is 32.8 Å². The van der Waals surface area contributed by atoms with Crippen molar-refractivity contribution < 1.29 is 14.2 Å². The van der Waals surface area contributed by atoms with Gasteiger partial charge < -0.3 is 25.3 Å². The SMILES string of the molecule is COc1ccc(C(C)(C)CN=C(N)Nc2ccc(OC(C)C)cc2)cc1OC.I. The number of halogens is 1. The molecule has 7 heteroatoms. The second-order valence-electron chi connectivity index (χ2n) is 7.47. The first-order valence-electron chi connectivity index (χ1n) is 9.31. The second kappa shape index (κ2) is 11.1. The van der Waals surface area contributed by atoms with Gasteiger partial charge in [0.1, 0.15) is 5.75 Å². The van der Waals surface area contributed by atoms with Crippen molar-refractivity contribution in [2.45, 2.75) is 39.2 Å². The lowest BCUT2D eigenvalue weighted by Crippen LogP contribution is -2.27. The van der Waals surface area contributed by atoms with Gasteiger partial charge in [-0.15, -0.1) is 24.0 Å². The number of ether oxygens (including phenoxy) is 3. The summed E-state index contributed by atoms with van der Waals surface area (Å²) in [5, 5.41) is 3.11. The van der Waals surface area contributed by atoms with Gasteiger partial charge >= 0.3 is 0 Å². The summed E-state index contributed by atoms with van der Waals surface area (Å²) < 4.78 is 16.4. The molecule has 0 unspecified atom stereocenters. The largest absolute Gasteiger partial charge is 0.493 e. The number of nitrogens with one attached hydrogen (secondary N) is 1. The highest BCUT2D eigenvalue weighted by Crippen LogP contribution is 2.33. The Morgan fingerprint density at radius 1 is 1.03 bits per heavy atom. The van der Waals surface area contributed by atoms with Crippen LogP contribution in [-0.2, 0) is 5.41 Å². The molecule has 0 spiro atoms. The number of rotatable bonds is 8. The Morgan fingerprint density at radius 2 is 1.66 bits per heavy atom. The minimum absolute atomic E-state index is 0. The van der Waals surface area contributed by atoms with Crippen LogP contribution >= 0.6 is 24.0 Å². The van der Waals surface area contributed by atoms with Crippen LogP contribution in [0.4, 0.5) is 5.69 Å². The average molecular weight is 513 g/mol. The number of nitrogens with two attached hydrogens (primary N) is 1. The van der Waals surface area contributed by atoms with Gasteiger partial charge in [-0.2, -0.15) is 0 Å². The quantitative estimate of drug-likeness (QED) is 0.301. The van der Waals surface area contributed by atoms with Crippen molar-refractivity contribution in [2.75, 3.05) is 26.1 Å². The lowest BCUT2D eigenvalue weighted by Gasteiger charge is -2.24. The number of anilines is 1. The number of nitrogens with zero attached hydrogens (tertiary/aromatic N) is 1. The molecular formula is C22H32IN3O3. The molecule has 6 nitrogen and oxygen atoms in total. The van der Waals surface area contributed by atoms with Crippen LogP contribution in [0.1, 0.15) is 33.3 Å². The summed E-state index contributed by atoms with van der Waals surface area (Å²) in [6.45, 7) is 8.75. The molecule has 0 heterocycles.